The zero-order valence-electron chi connectivity index (χ0n) is 14.7. The molecule has 4 rings (SSSR count). The molecule has 2 amide bonds. The van der Waals surface area contributed by atoms with Gasteiger partial charge in [-0.25, -0.2) is 0 Å². The van der Waals surface area contributed by atoms with Crippen LogP contribution in [0.25, 0.3) is 21.3 Å². The Hall–Kier alpha value is -3.71. The van der Waals surface area contributed by atoms with Gasteiger partial charge in [0.05, 0.1) is 16.8 Å². The van der Waals surface area contributed by atoms with Gasteiger partial charge in [0.15, 0.2) is 5.82 Å². The number of nitrogens with zero attached hydrogens (tertiary/aromatic N) is 1. The van der Waals surface area contributed by atoms with Gasteiger partial charge in [-0.05, 0) is 47.4 Å². The second kappa shape index (κ2) is 7.50. The number of thiophene rings is 1. The Morgan fingerprint density at radius 1 is 1.07 bits per heavy atom. The van der Waals surface area contributed by atoms with Crippen molar-refractivity contribution in [1.29, 1.82) is 0 Å². The number of rotatable bonds is 5. The summed E-state index contributed by atoms with van der Waals surface area (Å²) in [6.45, 7) is 3.43. The van der Waals surface area contributed by atoms with Gasteiger partial charge in [0.2, 0.25) is 5.91 Å². The molecular formula is C21H16N4O2S. The van der Waals surface area contributed by atoms with Crippen LogP contribution in [-0.2, 0) is 4.79 Å². The first-order valence-corrected chi connectivity index (χ1v) is 9.39. The van der Waals surface area contributed by atoms with E-state index in [-0.39, 0.29) is 11.8 Å². The highest BCUT2D eigenvalue weighted by Crippen LogP contribution is 2.30. The number of fused-ring (bicyclic) bond motifs is 1. The Morgan fingerprint density at radius 2 is 1.93 bits per heavy atom. The predicted molar refractivity (Wildman–Crippen MR) is 113 cm³/mol. The topological polar surface area (TPSA) is 86.9 Å². The Bertz CT molecular complexity index is 1180. The molecule has 0 saturated carbocycles. The van der Waals surface area contributed by atoms with Crippen LogP contribution >= 0.6 is 11.3 Å². The highest BCUT2D eigenvalue weighted by Gasteiger charge is 2.15. The fourth-order valence-electron chi connectivity index (χ4n) is 2.86. The molecule has 4 aromatic rings. The number of H-pyrrole nitrogens is 1. The molecule has 3 N–H and O–H groups in total. The first-order chi connectivity index (χ1) is 13.7. The molecular weight excluding hydrogens is 372 g/mol. The van der Waals surface area contributed by atoms with Crippen LogP contribution in [0.15, 0.2) is 72.6 Å². The van der Waals surface area contributed by atoms with E-state index in [4.69, 9.17) is 0 Å². The van der Waals surface area contributed by atoms with E-state index in [2.05, 4.69) is 33.5 Å². The fourth-order valence-corrected chi connectivity index (χ4v) is 3.58. The Balaban J connectivity index is 1.61. The van der Waals surface area contributed by atoms with E-state index in [0.717, 1.165) is 27.4 Å². The van der Waals surface area contributed by atoms with Gasteiger partial charge in [0.25, 0.3) is 5.91 Å². The molecule has 0 aliphatic heterocycles. The van der Waals surface area contributed by atoms with E-state index in [1.807, 2.05) is 29.6 Å². The molecule has 0 aliphatic carbocycles. The van der Waals surface area contributed by atoms with Crippen molar-refractivity contribution in [1.82, 2.24) is 10.2 Å². The van der Waals surface area contributed by atoms with Gasteiger partial charge in [0, 0.05) is 10.3 Å². The van der Waals surface area contributed by atoms with Crippen LogP contribution in [0.1, 0.15) is 10.4 Å². The van der Waals surface area contributed by atoms with Crippen LogP contribution < -0.4 is 10.6 Å². The van der Waals surface area contributed by atoms with Gasteiger partial charge >= 0.3 is 0 Å². The summed E-state index contributed by atoms with van der Waals surface area (Å²) in [5.74, 6) is -0.315. The average Bonchev–Trinajstić information content (AvgIpc) is 3.38. The predicted octanol–water partition coefficient (Wildman–Crippen LogP) is 4.67. The number of anilines is 2. The summed E-state index contributed by atoms with van der Waals surface area (Å²) in [7, 11) is 0. The number of aromatic amines is 1. The van der Waals surface area contributed by atoms with Gasteiger partial charge in [0.1, 0.15) is 0 Å². The van der Waals surface area contributed by atoms with Crippen molar-refractivity contribution < 1.29 is 9.59 Å². The Morgan fingerprint density at radius 3 is 2.71 bits per heavy atom. The number of aromatic nitrogens is 2. The maximum Gasteiger partial charge on any atom is 0.258 e. The summed E-state index contributed by atoms with van der Waals surface area (Å²) in [5.41, 5.74) is 2.66. The molecule has 0 radical (unpaired) electrons. The van der Waals surface area contributed by atoms with Crippen LogP contribution in [0.2, 0.25) is 0 Å². The van der Waals surface area contributed by atoms with E-state index in [0.29, 0.717) is 17.1 Å². The molecule has 6 nitrogen and oxygen atoms in total. The van der Waals surface area contributed by atoms with Crippen LogP contribution in [0, 0.1) is 0 Å². The summed E-state index contributed by atoms with van der Waals surface area (Å²) in [4.78, 5) is 25.5. The number of para-hydroxylation sites is 1. The molecule has 0 aliphatic rings. The number of hydrogen-bond acceptors (Lipinski definition) is 4. The van der Waals surface area contributed by atoms with Crippen molar-refractivity contribution in [3.8, 4) is 10.4 Å². The normalized spacial score (nSPS) is 10.6. The third-order valence-electron chi connectivity index (χ3n) is 4.22. The van der Waals surface area contributed by atoms with Crippen LogP contribution in [0.3, 0.4) is 0 Å². The molecule has 138 valence electrons. The van der Waals surface area contributed by atoms with Gasteiger partial charge in [-0.15, -0.1) is 11.3 Å². The second-order valence-electron chi connectivity index (χ2n) is 6.00. The minimum Gasteiger partial charge on any atom is -0.322 e. The molecule has 0 spiro atoms. The molecule has 0 unspecified atom stereocenters. The molecule has 2 aromatic carbocycles. The van der Waals surface area contributed by atoms with E-state index >= 15 is 0 Å². The number of carbonyl (C=O) groups excluding carboxylic acids is 2. The molecule has 0 saturated heterocycles. The lowest BCUT2D eigenvalue weighted by Gasteiger charge is -2.09. The molecule has 2 aromatic heterocycles. The lowest BCUT2D eigenvalue weighted by molar-refractivity contribution is -0.111. The molecule has 28 heavy (non-hydrogen) atoms. The summed E-state index contributed by atoms with van der Waals surface area (Å²) >= 11 is 1.66. The maximum atomic E-state index is 12.8. The highest BCUT2D eigenvalue weighted by atomic mass is 32.1. The van der Waals surface area contributed by atoms with Crippen molar-refractivity contribution >= 4 is 45.6 Å². The van der Waals surface area contributed by atoms with Crippen molar-refractivity contribution in [2.45, 2.75) is 0 Å². The Kier molecular flexibility index (Phi) is 4.74. The summed E-state index contributed by atoms with van der Waals surface area (Å²) in [5, 5.41) is 15.5. The summed E-state index contributed by atoms with van der Waals surface area (Å²) < 4.78 is 0. The Labute approximate surface area is 164 Å². The molecule has 0 bridgehead atoms. The van der Waals surface area contributed by atoms with Crippen LogP contribution in [-0.4, -0.2) is 22.0 Å². The molecule has 2 heterocycles. The number of hydrogen-bond donors (Lipinski definition) is 3. The lowest BCUT2D eigenvalue weighted by Crippen LogP contribution is -2.17. The zero-order valence-corrected chi connectivity index (χ0v) is 15.5. The number of carbonyl (C=O) groups is 2. The van der Waals surface area contributed by atoms with Gasteiger partial charge in [-0.2, -0.15) is 5.10 Å². The van der Waals surface area contributed by atoms with E-state index in [1.54, 1.807) is 35.6 Å². The third-order valence-corrected chi connectivity index (χ3v) is 5.13. The van der Waals surface area contributed by atoms with Crippen molar-refractivity contribution in [2.24, 2.45) is 0 Å². The van der Waals surface area contributed by atoms with E-state index in [1.165, 1.54) is 0 Å². The summed E-state index contributed by atoms with van der Waals surface area (Å²) in [6, 6.07) is 16.8. The van der Waals surface area contributed by atoms with Crippen molar-refractivity contribution in [2.75, 3.05) is 10.6 Å². The smallest absolute Gasteiger partial charge is 0.258 e. The average molecular weight is 388 g/mol. The zero-order chi connectivity index (χ0) is 19.5. The van der Waals surface area contributed by atoms with Gasteiger partial charge in [-0.3, -0.25) is 14.7 Å². The standard InChI is InChI=1S/C21H16N4O2S/c1-2-19(26)22-16-7-4-3-6-15(16)21(27)23-20-14-10-9-13(12-17(14)24-25-20)18-8-5-11-28-18/h2-12H,1H2,(H,22,26)(H2,23,24,25,27). The van der Waals surface area contributed by atoms with E-state index in [9.17, 15) is 9.59 Å². The first kappa shape index (κ1) is 17.7. The summed E-state index contributed by atoms with van der Waals surface area (Å²) in [6.07, 6.45) is 1.15. The van der Waals surface area contributed by atoms with Gasteiger partial charge in [-0.1, -0.05) is 30.8 Å². The second-order valence-corrected chi connectivity index (χ2v) is 6.95. The number of benzene rings is 2. The SMILES string of the molecule is C=CC(=O)Nc1ccccc1C(=O)Nc1n[nH]c2cc(-c3cccs3)ccc12. The molecule has 7 heteroatoms. The third kappa shape index (κ3) is 3.43. The van der Waals surface area contributed by atoms with E-state index < -0.39 is 0 Å². The van der Waals surface area contributed by atoms with Crippen molar-refractivity contribution in [3.63, 3.8) is 0 Å². The number of amides is 2. The molecule has 0 fully saturated rings. The van der Waals surface area contributed by atoms with Crippen LogP contribution in [0.4, 0.5) is 11.5 Å². The number of nitrogens with one attached hydrogen (secondary N) is 3. The molecule has 0 atom stereocenters. The van der Waals surface area contributed by atoms with Gasteiger partial charge < -0.3 is 10.6 Å². The monoisotopic (exact) mass is 388 g/mol. The largest absolute Gasteiger partial charge is 0.322 e. The minimum atomic E-state index is -0.383. The minimum absolute atomic E-state index is 0.337. The fraction of sp³-hybridized carbons (Fsp3) is 0. The quantitative estimate of drug-likeness (QED) is 0.434. The van der Waals surface area contributed by atoms with Crippen LogP contribution in [0.5, 0.6) is 0 Å². The van der Waals surface area contributed by atoms with Crippen molar-refractivity contribution in [3.05, 3.63) is 78.2 Å². The lowest BCUT2D eigenvalue weighted by atomic mass is 10.1. The highest BCUT2D eigenvalue weighted by molar-refractivity contribution is 7.13. The first-order valence-electron chi connectivity index (χ1n) is 8.51. The maximum absolute atomic E-state index is 12.8.